The first-order valence-electron chi connectivity index (χ1n) is 4.98. The average molecular weight is 233 g/mol. The first-order chi connectivity index (χ1) is 8.13. The molecule has 0 amide bonds. The molecule has 0 N–H and O–H groups in total. The fourth-order valence-corrected chi connectivity index (χ4v) is 1.48. The number of hydrogen-bond donors (Lipinski definition) is 0. The van der Waals surface area contributed by atoms with Crippen LogP contribution in [-0.2, 0) is 4.74 Å². The third kappa shape index (κ3) is 2.01. The first kappa shape index (κ1) is 11.3. The van der Waals surface area contributed by atoms with Gasteiger partial charge in [-0.2, -0.15) is 0 Å². The van der Waals surface area contributed by atoms with Gasteiger partial charge in [-0.25, -0.2) is 14.8 Å². The van der Waals surface area contributed by atoms with Crippen LogP contribution < -0.4 is 0 Å². The standard InChI is InChI=1S/C11H11N3O3/c1-6-9(11(15)16-3)10(14-17-6)8-4-5-12-7(2)13-8/h4-5H,1-3H3. The van der Waals surface area contributed by atoms with Gasteiger partial charge < -0.3 is 9.26 Å². The maximum absolute atomic E-state index is 11.6. The van der Waals surface area contributed by atoms with E-state index in [1.165, 1.54) is 7.11 Å². The monoisotopic (exact) mass is 233 g/mol. The van der Waals surface area contributed by atoms with Gasteiger partial charge in [-0.15, -0.1) is 0 Å². The molecular formula is C11H11N3O3. The maximum atomic E-state index is 11.6. The lowest BCUT2D eigenvalue weighted by Gasteiger charge is -2.00. The molecule has 0 unspecified atom stereocenters. The molecule has 0 aromatic carbocycles. The molecule has 88 valence electrons. The highest BCUT2D eigenvalue weighted by atomic mass is 16.5. The summed E-state index contributed by atoms with van der Waals surface area (Å²) in [5, 5.41) is 3.83. The van der Waals surface area contributed by atoms with E-state index in [9.17, 15) is 4.79 Å². The average Bonchev–Trinajstić information content (AvgIpc) is 2.70. The molecule has 0 saturated heterocycles. The highest BCUT2D eigenvalue weighted by Gasteiger charge is 2.23. The lowest BCUT2D eigenvalue weighted by molar-refractivity contribution is 0.0599. The van der Waals surface area contributed by atoms with Crippen molar-refractivity contribution in [2.75, 3.05) is 7.11 Å². The van der Waals surface area contributed by atoms with Crippen LogP contribution in [-0.4, -0.2) is 28.2 Å². The van der Waals surface area contributed by atoms with Gasteiger partial charge in [-0.3, -0.25) is 0 Å². The zero-order valence-electron chi connectivity index (χ0n) is 9.72. The van der Waals surface area contributed by atoms with Gasteiger partial charge in [0, 0.05) is 6.20 Å². The Morgan fingerprint density at radius 2 is 2.18 bits per heavy atom. The summed E-state index contributed by atoms with van der Waals surface area (Å²) in [6.07, 6.45) is 1.60. The van der Waals surface area contributed by atoms with Gasteiger partial charge >= 0.3 is 5.97 Å². The summed E-state index contributed by atoms with van der Waals surface area (Å²) in [6.45, 7) is 3.41. The molecule has 0 atom stereocenters. The Labute approximate surface area is 97.6 Å². The molecule has 0 aliphatic carbocycles. The van der Waals surface area contributed by atoms with E-state index in [-0.39, 0.29) is 0 Å². The Balaban J connectivity index is 2.57. The SMILES string of the molecule is COC(=O)c1c(-c2ccnc(C)n2)noc1C. The van der Waals surface area contributed by atoms with Crippen molar-refractivity contribution < 1.29 is 14.1 Å². The summed E-state index contributed by atoms with van der Waals surface area (Å²) in [5.41, 5.74) is 1.21. The van der Waals surface area contributed by atoms with Gasteiger partial charge in [0.15, 0.2) is 0 Å². The topological polar surface area (TPSA) is 78.1 Å². The van der Waals surface area contributed by atoms with E-state index in [1.54, 1.807) is 26.1 Å². The largest absolute Gasteiger partial charge is 0.465 e. The fourth-order valence-electron chi connectivity index (χ4n) is 1.48. The Kier molecular flexibility index (Phi) is 2.86. The van der Waals surface area contributed by atoms with Crippen LogP contribution in [0.1, 0.15) is 21.9 Å². The number of nitrogens with zero attached hydrogens (tertiary/aromatic N) is 3. The van der Waals surface area contributed by atoms with Gasteiger partial charge in [0.25, 0.3) is 0 Å². The second-order valence-corrected chi connectivity index (χ2v) is 3.44. The zero-order chi connectivity index (χ0) is 12.4. The van der Waals surface area contributed by atoms with Crippen molar-refractivity contribution in [2.24, 2.45) is 0 Å². The molecule has 0 fully saturated rings. The number of aryl methyl sites for hydroxylation is 2. The molecule has 17 heavy (non-hydrogen) atoms. The minimum Gasteiger partial charge on any atom is -0.465 e. The molecule has 0 aliphatic rings. The quantitative estimate of drug-likeness (QED) is 0.732. The molecule has 6 heteroatoms. The minimum atomic E-state index is -0.491. The lowest BCUT2D eigenvalue weighted by Crippen LogP contribution is -2.04. The van der Waals surface area contributed by atoms with Gasteiger partial charge in [-0.1, -0.05) is 5.16 Å². The summed E-state index contributed by atoms with van der Waals surface area (Å²) >= 11 is 0. The summed E-state index contributed by atoms with van der Waals surface area (Å²) in [4.78, 5) is 19.8. The van der Waals surface area contributed by atoms with Crippen LogP contribution in [0.4, 0.5) is 0 Å². The molecule has 2 heterocycles. The number of carbonyl (C=O) groups excluding carboxylic acids is 1. The molecule has 6 nitrogen and oxygen atoms in total. The summed E-state index contributed by atoms with van der Waals surface area (Å²) in [6, 6.07) is 1.66. The predicted octanol–water partition coefficient (Wildman–Crippen LogP) is 1.54. The Hall–Kier alpha value is -2.24. The Morgan fingerprint density at radius 3 is 2.82 bits per heavy atom. The second-order valence-electron chi connectivity index (χ2n) is 3.44. The van der Waals surface area contributed by atoms with Crippen molar-refractivity contribution in [1.82, 2.24) is 15.1 Å². The van der Waals surface area contributed by atoms with E-state index in [1.807, 2.05) is 0 Å². The number of esters is 1. The normalized spacial score (nSPS) is 10.3. The van der Waals surface area contributed by atoms with E-state index >= 15 is 0 Å². The first-order valence-corrected chi connectivity index (χ1v) is 4.98. The molecule has 2 aromatic rings. The van der Waals surface area contributed by atoms with Crippen LogP contribution in [0, 0.1) is 13.8 Å². The van der Waals surface area contributed by atoms with E-state index in [4.69, 9.17) is 4.52 Å². The minimum absolute atomic E-state index is 0.297. The summed E-state index contributed by atoms with van der Waals surface area (Å²) < 4.78 is 9.69. The van der Waals surface area contributed by atoms with Crippen molar-refractivity contribution in [3.05, 3.63) is 29.4 Å². The van der Waals surface area contributed by atoms with Crippen molar-refractivity contribution in [1.29, 1.82) is 0 Å². The van der Waals surface area contributed by atoms with E-state index in [2.05, 4.69) is 19.9 Å². The van der Waals surface area contributed by atoms with E-state index in [0.717, 1.165) is 0 Å². The van der Waals surface area contributed by atoms with Crippen LogP contribution in [0.25, 0.3) is 11.4 Å². The number of carbonyl (C=O) groups is 1. The molecule has 0 aliphatic heterocycles. The fraction of sp³-hybridized carbons (Fsp3) is 0.273. The molecule has 0 bridgehead atoms. The zero-order valence-corrected chi connectivity index (χ0v) is 9.72. The number of hydrogen-bond acceptors (Lipinski definition) is 6. The van der Waals surface area contributed by atoms with Crippen LogP contribution >= 0.6 is 0 Å². The molecule has 2 rings (SSSR count). The van der Waals surface area contributed by atoms with Crippen molar-refractivity contribution >= 4 is 5.97 Å². The molecular weight excluding hydrogens is 222 g/mol. The number of ether oxygens (including phenoxy) is 1. The number of methoxy groups -OCH3 is 1. The van der Waals surface area contributed by atoms with Gasteiger partial charge in [0.1, 0.15) is 22.8 Å². The van der Waals surface area contributed by atoms with Crippen LogP contribution in [0.3, 0.4) is 0 Å². The second kappa shape index (κ2) is 4.32. The van der Waals surface area contributed by atoms with E-state index < -0.39 is 5.97 Å². The van der Waals surface area contributed by atoms with Crippen molar-refractivity contribution in [3.8, 4) is 11.4 Å². The smallest absolute Gasteiger partial charge is 0.343 e. The Bertz CT molecular complexity index is 563. The Morgan fingerprint density at radius 1 is 1.41 bits per heavy atom. The number of aromatic nitrogens is 3. The van der Waals surface area contributed by atoms with Crippen LogP contribution in [0.5, 0.6) is 0 Å². The number of rotatable bonds is 2. The molecule has 2 aromatic heterocycles. The van der Waals surface area contributed by atoms with E-state index in [0.29, 0.717) is 28.5 Å². The van der Waals surface area contributed by atoms with Crippen molar-refractivity contribution in [3.63, 3.8) is 0 Å². The lowest BCUT2D eigenvalue weighted by atomic mass is 10.1. The predicted molar refractivity (Wildman–Crippen MR) is 58.3 cm³/mol. The van der Waals surface area contributed by atoms with Gasteiger partial charge in [-0.05, 0) is 19.9 Å². The highest BCUT2D eigenvalue weighted by molar-refractivity contribution is 5.96. The third-order valence-corrected chi connectivity index (χ3v) is 2.27. The maximum Gasteiger partial charge on any atom is 0.343 e. The van der Waals surface area contributed by atoms with Crippen LogP contribution in [0.2, 0.25) is 0 Å². The third-order valence-electron chi connectivity index (χ3n) is 2.27. The highest BCUT2D eigenvalue weighted by Crippen LogP contribution is 2.23. The summed E-state index contributed by atoms with van der Waals surface area (Å²) in [5.74, 6) is 0.511. The van der Waals surface area contributed by atoms with Crippen molar-refractivity contribution in [2.45, 2.75) is 13.8 Å². The summed E-state index contributed by atoms with van der Waals surface area (Å²) in [7, 11) is 1.31. The van der Waals surface area contributed by atoms with Gasteiger partial charge in [0.05, 0.1) is 12.8 Å². The molecule has 0 spiro atoms. The van der Waals surface area contributed by atoms with Crippen LogP contribution in [0.15, 0.2) is 16.8 Å². The van der Waals surface area contributed by atoms with Gasteiger partial charge in [0.2, 0.25) is 0 Å². The molecule has 0 radical (unpaired) electrons. The molecule has 0 saturated carbocycles.